The van der Waals surface area contributed by atoms with Gasteiger partial charge in [-0.3, -0.25) is 9.59 Å². The molecule has 0 radical (unpaired) electrons. The van der Waals surface area contributed by atoms with E-state index in [0.29, 0.717) is 19.3 Å². The minimum absolute atomic E-state index is 0.0437. The number of carbonyl (C=O) groups excluding carboxylic acids is 1. The Morgan fingerprint density at radius 1 is 1.29 bits per heavy atom. The van der Waals surface area contributed by atoms with Crippen LogP contribution in [0.4, 0.5) is 4.39 Å². The van der Waals surface area contributed by atoms with Crippen LogP contribution in [-0.2, 0) is 9.59 Å². The Morgan fingerprint density at radius 3 is 2.62 bits per heavy atom. The fourth-order valence-corrected chi connectivity index (χ4v) is 2.50. The molecule has 2 N–H and O–H groups in total. The van der Waals surface area contributed by atoms with E-state index in [1.165, 1.54) is 12.1 Å². The Balaban J connectivity index is 1.75. The molecule has 2 rings (SSSR count). The van der Waals surface area contributed by atoms with Crippen molar-refractivity contribution in [3.8, 4) is 0 Å². The van der Waals surface area contributed by atoms with Gasteiger partial charge in [0.25, 0.3) is 0 Å². The number of hydrogen-bond donors (Lipinski definition) is 2. The van der Waals surface area contributed by atoms with Crippen LogP contribution in [0.5, 0.6) is 0 Å². The van der Waals surface area contributed by atoms with Crippen molar-refractivity contribution in [1.82, 2.24) is 5.32 Å². The summed E-state index contributed by atoms with van der Waals surface area (Å²) in [5.41, 5.74) is 0.830. The summed E-state index contributed by atoms with van der Waals surface area (Å²) in [7, 11) is 0. The minimum Gasteiger partial charge on any atom is -0.481 e. The Kier molecular flexibility index (Phi) is 5.09. The van der Waals surface area contributed by atoms with E-state index in [0.717, 1.165) is 5.56 Å². The van der Waals surface area contributed by atoms with Crippen molar-refractivity contribution < 1.29 is 19.1 Å². The maximum Gasteiger partial charge on any atom is 0.306 e. The number of carboxylic acids is 1. The number of rotatable bonds is 5. The fraction of sp³-hybridized carbons (Fsp3) is 0.375. The van der Waals surface area contributed by atoms with Gasteiger partial charge in [0.05, 0.1) is 5.92 Å². The van der Waals surface area contributed by atoms with Gasteiger partial charge in [-0.25, -0.2) is 4.39 Å². The van der Waals surface area contributed by atoms with Gasteiger partial charge < -0.3 is 10.4 Å². The fourth-order valence-electron chi connectivity index (χ4n) is 2.50. The highest BCUT2D eigenvalue weighted by atomic mass is 19.1. The van der Waals surface area contributed by atoms with Crippen molar-refractivity contribution in [2.75, 3.05) is 0 Å². The molecule has 4 nitrogen and oxygen atoms in total. The zero-order valence-electron chi connectivity index (χ0n) is 11.6. The molecule has 1 aliphatic rings. The molecular weight excluding hydrogens is 273 g/mol. The standard InChI is InChI=1S/C16H18FNO3/c17-13-7-4-11(5-8-13)2-1-3-15(19)18-14-9-6-12(10-14)16(20)21/h1-2,4-5,7-8,12,14H,3,6,9-10H2,(H,18,19)(H,20,21)/b2-1+/t12-,14+/m1/s1. The third-order valence-electron chi connectivity index (χ3n) is 3.63. The predicted molar refractivity (Wildman–Crippen MR) is 77.0 cm³/mol. The van der Waals surface area contributed by atoms with Crippen molar-refractivity contribution in [2.45, 2.75) is 31.7 Å². The lowest BCUT2D eigenvalue weighted by Gasteiger charge is -2.11. The van der Waals surface area contributed by atoms with Crippen molar-refractivity contribution in [3.05, 3.63) is 41.7 Å². The van der Waals surface area contributed by atoms with Crippen molar-refractivity contribution in [1.29, 1.82) is 0 Å². The van der Waals surface area contributed by atoms with Gasteiger partial charge in [-0.1, -0.05) is 24.3 Å². The molecule has 0 saturated heterocycles. The molecule has 0 bridgehead atoms. The van der Waals surface area contributed by atoms with E-state index in [2.05, 4.69) is 5.32 Å². The molecule has 1 fully saturated rings. The number of carbonyl (C=O) groups is 2. The van der Waals surface area contributed by atoms with Crippen LogP contribution < -0.4 is 5.32 Å². The second-order valence-electron chi connectivity index (χ2n) is 5.27. The van der Waals surface area contributed by atoms with Crippen molar-refractivity contribution in [3.63, 3.8) is 0 Å². The molecule has 2 atom stereocenters. The summed E-state index contributed by atoms with van der Waals surface area (Å²) in [5.74, 6) is -1.54. The van der Waals surface area contributed by atoms with Crippen LogP contribution in [0.2, 0.25) is 0 Å². The molecule has 1 saturated carbocycles. The average Bonchev–Trinajstić information content (AvgIpc) is 2.90. The van der Waals surface area contributed by atoms with Gasteiger partial charge in [-0.05, 0) is 37.0 Å². The molecular formula is C16H18FNO3. The van der Waals surface area contributed by atoms with Gasteiger partial charge >= 0.3 is 5.97 Å². The van der Waals surface area contributed by atoms with Gasteiger partial charge in [-0.15, -0.1) is 0 Å². The Labute approximate surface area is 122 Å². The smallest absolute Gasteiger partial charge is 0.306 e. The summed E-state index contributed by atoms with van der Waals surface area (Å²) >= 11 is 0. The predicted octanol–water partition coefficient (Wildman–Crippen LogP) is 2.60. The van der Waals surface area contributed by atoms with E-state index in [1.807, 2.05) is 0 Å². The summed E-state index contributed by atoms with van der Waals surface area (Å²) in [6.45, 7) is 0. The number of amides is 1. The maximum absolute atomic E-state index is 12.7. The molecule has 1 aromatic carbocycles. The molecule has 1 amide bonds. The van der Waals surface area contributed by atoms with Gasteiger partial charge in [0, 0.05) is 12.5 Å². The maximum atomic E-state index is 12.7. The molecule has 5 heteroatoms. The van der Waals surface area contributed by atoms with E-state index in [4.69, 9.17) is 5.11 Å². The molecule has 0 heterocycles. The number of benzene rings is 1. The highest BCUT2D eigenvalue weighted by molar-refractivity contribution is 5.79. The van der Waals surface area contributed by atoms with Crippen LogP contribution in [0.1, 0.15) is 31.2 Å². The van der Waals surface area contributed by atoms with Gasteiger partial charge in [0.1, 0.15) is 5.82 Å². The van der Waals surface area contributed by atoms with Crippen LogP contribution in [0.3, 0.4) is 0 Å². The molecule has 0 unspecified atom stereocenters. The molecule has 0 aliphatic heterocycles. The van der Waals surface area contributed by atoms with Crippen LogP contribution in [0.15, 0.2) is 30.3 Å². The first kappa shape index (κ1) is 15.2. The van der Waals surface area contributed by atoms with Crippen molar-refractivity contribution >= 4 is 18.0 Å². The SMILES string of the molecule is O=C(C/C=C/c1ccc(F)cc1)N[C@H]1CC[C@@H](C(=O)O)C1. The van der Waals surface area contributed by atoms with E-state index < -0.39 is 5.97 Å². The summed E-state index contributed by atoms with van der Waals surface area (Å²) in [6, 6.07) is 5.96. The van der Waals surface area contributed by atoms with E-state index in [-0.39, 0.29) is 30.1 Å². The normalized spacial score (nSPS) is 21.6. The second kappa shape index (κ2) is 7.02. The van der Waals surface area contributed by atoms with Gasteiger partial charge in [0.2, 0.25) is 5.91 Å². The Hall–Kier alpha value is -2.17. The first-order valence-corrected chi connectivity index (χ1v) is 6.99. The highest BCUT2D eigenvalue weighted by Gasteiger charge is 2.30. The van der Waals surface area contributed by atoms with Crippen LogP contribution in [0.25, 0.3) is 6.08 Å². The quantitative estimate of drug-likeness (QED) is 0.876. The number of hydrogen-bond acceptors (Lipinski definition) is 2. The monoisotopic (exact) mass is 291 g/mol. The lowest BCUT2D eigenvalue weighted by molar-refractivity contribution is -0.141. The van der Waals surface area contributed by atoms with Gasteiger partial charge in [0.15, 0.2) is 0 Å². The average molecular weight is 291 g/mol. The summed E-state index contributed by atoms with van der Waals surface area (Å²) in [6.07, 6.45) is 5.53. The largest absolute Gasteiger partial charge is 0.481 e. The molecule has 21 heavy (non-hydrogen) atoms. The van der Waals surface area contributed by atoms with Crippen molar-refractivity contribution in [2.24, 2.45) is 5.92 Å². The Bertz CT molecular complexity index is 539. The topological polar surface area (TPSA) is 66.4 Å². The first-order chi connectivity index (χ1) is 10.0. The number of nitrogens with one attached hydrogen (secondary N) is 1. The first-order valence-electron chi connectivity index (χ1n) is 6.99. The van der Waals surface area contributed by atoms with Gasteiger partial charge in [-0.2, -0.15) is 0 Å². The summed E-state index contributed by atoms with van der Waals surface area (Å²) in [5, 5.41) is 11.7. The van der Waals surface area contributed by atoms with E-state index >= 15 is 0 Å². The van der Waals surface area contributed by atoms with E-state index in [1.54, 1.807) is 24.3 Å². The lowest BCUT2D eigenvalue weighted by atomic mass is 10.1. The number of carboxylic acid groups (broad SMARTS) is 1. The van der Waals surface area contributed by atoms with Crippen LogP contribution in [0, 0.1) is 11.7 Å². The van der Waals surface area contributed by atoms with Crippen LogP contribution >= 0.6 is 0 Å². The lowest BCUT2D eigenvalue weighted by Crippen LogP contribution is -2.32. The zero-order valence-corrected chi connectivity index (χ0v) is 11.6. The molecule has 0 spiro atoms. The van der Waals surface area contributed by atoms with E-state index in [9.17, 15) is 14.0 Å². The van der Waals surface area contributed by atoms with Crippen LogP contribution in [-0.4, -0.2) is 23.0 Å². The molecule has 1 aromatic rings. The molecule has 112 valence electrons. The molecule has 1 aliphatic carbocycles. The third kappa shape index (κ3) is 4.70. The third-order valence-corrected chi connectivity index (χ3v) is 3.63. The molecule has 0 aromatic heterocycles. The number of aliphatic carboxylic acids is 1. The second-order valence-corrected chi connectivity index (χ2v) is 5.27. The minimum atomic E-state index is -0.789. The number of halogens is 1. The summed E-state index contributed by atoms with van der Waals surface area (Å²) in [4.78, 5) is 22.6. The zero-order chi connectivity index (χ0) is 15.2. The summed E-state index contributed by atoms with van der Waals surface area (Å²) < 4.78 is 12.7. The Morgan fingerprint density at radius 2 is 2.00 bits per heavy atom. The highest BCUT2D eigenvalue weighted by Crippen LogP contribution is 2.25.